The lowest BCUT2D eigenvalue weighted by Crippen LogP contribution is -2.51. The Morgan fingerprint density at radius 2 is 1.64 bits per heavy atom. The minimum absolute atomic E-state index is 0. The van der Waals surface area contributed by atoms with E-state index < -0.39 is 0 Å². The lowest BCUT2D eigenvalue weighted by Gasteiger charge is -2.33. The van der Waals surface area contributed by atoms with E-state index in [1.807, 2.05) is 0 Å². The van der Waals surface area contributed by atoms with Crippen LogP contribution in [0.2, 0.25) is 0 Å². The van der Waals surface area contributed by atoms with Gasteiger partial charge in [0, 0.05) is 19.1 Å². The quantitative estimate of drug-likeness (QED) is 0.700. The molecule has 0 aromatic rings. The largest absolute Gasteiger partial charge is 0.379 e. The molecule has 0 spiro atoms. The van der Waals surface area contributed by atoms with Crippen LogP contribution < -0.4 is 5.73 Å². The van der Waals surface area contributed by atoms with Gasteiger partial charge in [0.1, 0.15) is 0 Å². The van der Waals surface area contributed by atoms with Gasteiger partial charge in [-0.2, -0.15) is 0 Å². The topological polar surface area (TPSA) is 47.7 Å². The van der Waals surface area contributed by atoms with Crippen molar-refractivity contribution in [2.45, 2.75) is 12.1 Å². The van der Waals surface area contributed by atoms with Gasteiger partial charge in [0.2, 0.25) is 0 Å². The summed E-state index contributed by atoms with van der Waals surface area (Å²) in [6.45, 7) is 5.18. The number of morpholine rings is 1. The van der Waals surface area contributed by atoms with Gasteiger partial charge in [-0.25, -0.2) is 0 Å². The molecule has 2 atom stereocenters. The molecule has 0 aliphatic carbocycles. The second-order valence-electron chi connectivity index (χ2n) is 3.42. The van der Waals surface area contributed by atoms with Crippen molar-refractivity contribution in [3.63, 3.8) is 0 Å². The highest BCUT2D eigenvalue weighted by atomic mass is 35.5. The summed E-state index contributed by atoms with van der Waals surface area (Å²) in [5.41, 5.74) is 5.90. The Balaban J connectivity index is 0.000000845. The zero-order chi connectivity index (χ0) is 8.39. The van der Waals surface area contributed by atoms with Crippen LogP contribution in [0.15, 0.2) is 0 Å². The van der Waals surface area contributed by atoms with Crippen molar-refractivity contribution < 1.29 is 9.47 Å². The van der Waals surface area contributed by atoms with E-state index >= 15 is 0 Å². The highest BCUT2D eigenvalue weighted by molar-refractivity contribution is 5.85. The number of rotatable bonds is 1. The molecular weight excluding hydrogens is 227 g/mol. The van der Waals surface area contributed by atoms with Gasteiger partial charge in [-0.15, -0.1) is 24.8 Å². The molecule has 2 heterocycles. The van der Waals surface area contributed by atoms with E-state index in [2.05, 4.69) is 4.90 Å². The van der Waals surface area contributed by atoms with Crippen molar-refractivity contribution in [2.75, 3.05) is 39.5 Å². The molecular formula is C8H18Cl2N2O2. The van der Waals surface area contributed by atoms with E-state index in [4.69, 9.17) is 15.2 Å². The fourth-order valence-corrected chi connectivity index (χ4v) is 1.84. The number of hydrogen-bond donors (Lipinski definition) is 1. The predicted octanol–water partition coefficient (Wildman–Crippen LogP) is -0.112. The molecule has 0 bridgehead atoms. The standard InChI is InChI=1S/C8H16N2O2.2ClH/c9-7-5-12-6-8(7)10-1-3-11-4-2-10;;/h7-8H,1-6,9H2;2*1H/t7-,8-;;/m0../s1. The minimum atomic E-state index is 0. The average Bonchev–Trinajstić information content (AvgIpc) is 2.53. The first-order valence-corrected chi connectivity index (χ1v) is 4.53. The average molecular weight is 245 g/mol. The van der Waals surface area contributed by atoms with Crippen LogP contribution in [0, 0.1) is 0 Å². The molecule has 2 aliphatic heterocycles. The van der Waals surface area contributed by atoms with Crippen LogP contribution in [0.5, 0.6) is 0 Å². The third-order valence-corrected chi connectivity index (χ3v) is 2.61. The Kier molecular flexibility index (Phi) is 7.03. The summed E-state index contributed by atoms with van der Waals surface area (Å²) in [6, 6.07) is 0.622. The van der Waals surface area contributed by atoms with E-state index in [9.17, 15) is 0 Å². The Hall–Kier alpha value is 0.420. The van der Waals surface area contributed by atoms with E-state index in [0.29, 0.717) is 12.6 Å². The van der Waals surface area contributed by atoms with Gasteiger partial charge >= 0.3 is 0 Å². The minimum Gasteiger partial charge on any atom is -0.379 e. The molecule has 0 radical (unpaired) electrons. The third kappa shape index (κ3) is 3.22. The normalized spacial score (nSPS) is 33.2. The summed E-state index contributed by atoms with van der Waals surface area (Å²) in [7, 11) is 0. The van der Waals surface area contributed by atoms with Crippen LogP contribution in [0.25, 0.3) is 0 Å². The van der Waals surface area contributed by atoms with Crippen LogP contribution in [0.3, 0.4) is 0 Å². The second-order valence-corrected chi connectivity index (χ2v) is 3.42. The van der Waals surface area contributed by atoms with E-state index in [1.54, 1.807) is 0 Å². The van der Waals surface area contributed by atoms with Crippen molar-refractivity contribution in [2.24, 2.45) is 5.73 Å². The lowest BCUT2D eigenvalue weighted by atomic mass is 10.1. The molecule has 2 rings (SSSR count). The Bertz CT molecular complexity index is 156. The van der Waals surface area contributed by atoms with Crippen LogP contribution >= 0.6 is 24.8 Å². The van der Waals surface area contributed by atoms with Crippen molar-refractivity contribution in [1.29, 1.82) is 0 Å². The molecule has 4 nitrogen and oxygen atoms in total. The first-order chi connectivity index (χ1) is 5.88. The molecule has 0 unspecified atom stereocenters. The summed E-state index contributed by atoms with van der Waals surface area (Å²) in [5.74, 6) is 0. The predicted molar refractivity (Wildman–Crippen MR) is 59.5 cm³/mol. The molecule has 0 saturated carbocycles. The summed E-state index contributed by atoms with van der Waals surface area (Å²) in [5, 5.41) is 0. The van der Waals surface area contributed by atoms with Gasteiger partial charge in [-0.1, -0.05) is 0 Å². The van der Waals surface area contributed by atoms with Crippen molar-refractivity contribution in [3.05, 3.63) is 0 Å². The first kappa shape index (κ1) is 14.4. The molecule has 14 heavy (non-hydrogen) atoms. The van der Waals surface area contributed by atoms with Gasteiger partial charge in [0.15, 0.2) is 0 Å². The number of nitrogens with zero attached hydrogens (tertiary/aromatic N) is 1. The molecule has 0 aromatic heterocycles. The fraction of sp³-hybridized carbons (Fsp3) is 1.00. The lowest BCUT2D eigenvalue weighted by molar-refractivity contribution is 0.0123. The fourth-order valence-electron chi connectivity index (χ4n) is 1.84. The zero-order valence-corrected chi connectivity index (χ0v) is 9.69. The number of ether oxygens (including phenoxy) is 2. The van der Waals surface area contributed by atoms with Crippen molar-refractivity contribution in [1.82, 2.24) is 4.90 Å². The van der Waals surface area contributed by atoms with Gasteiger partial charge < -0.3 is 15.2 Å². The first-order valence-electron chi connectivity index (χ1n) is 4.53. The molecule has 6 heteroatoms. The van der Waals surface area contributed by atoms with Gasteiger partial charge in [-0.05, 0) is 0 Å². The summed E-state index contributed by atoms with van der Waals surface area (Å²) in [4.78, 5) is 2.38. The summed E-state index contributed by atoms with van der Waals surface area (Å²) < 4.78 is 10.6. The molecule has 2 fully saturated rings. The maximum absolute atomic E-state index is 5.90. The highest BCUT2D eigenvalue weighted by Crippen LogP contribution is 2.12. The number of hydrogen-bond acceptors (Lipinski definition) is 4. The van der Waals surface area contributed by atoms with Crippen LogP contribution in [-0.4, -0.2) is 56.5 Å². The molecule has 2 aliphatic rings. The van der Waals surface area contributed by atoms with Gasteiger partial charge in [0.05, 0.1) is 32.5 Å². The van der Waals surface area contributed by atoms with E-state index in [0.717, 1.165) is 32.9 Å². The summed E-state index contributed by atoms with van der Waals surface area (Å²) in [6.07, 6.45) is 0. The second kappa shape index (κ2) is 6.82. The van der Waals surface area contributed by atoms with Crippen molar-refractivity contribution >= 4 is 24.8 Å². The zero-order valence-electron chi connectivity index (χ0n) is 8.05. The van der Waals surface area contributed by atoms with Gasteiger partial charge in [0.25, 0.3) is 0 Å². The van der Waals surface area contributed by atoms with Crippen molar-refractivity contribution in [3.8, 4) is 0 Å². The Morgan fingerprint density at radius 3 is 2.14 bits per heavy atom. The number of halogens is 2. The van der Waals surface area contributed by atoms with Crippen LogP contribution in [-0.2, 0) is 9.47 Å². The molecule has 2 N–H and O–H groups in total. The highest BCUT2D eigenvalue weighted by Gasteiger charge is 2.30. The maximum atomic E-state index is 5.90. The SMILES string of the molecule is Cl.Cl.N[C@H]1COC[C@@H]1N1CCOCC1. The summed E-state index contributed by atoms with van der Waals surface area (Å²) >= 11 is 0. The maximum Gasteiger partial charge on any atom is 0.0638 e. The van der Waals surface area contributed by atoms with E-state index in [-0.39, 0.29) is 30.9 Å². The molecule has 0 aromatic carbocycles. The number of nitrogens with two attached hydrogens (primary N) is 1. The van der Waals surface area contributed by atoms with Crippen LogP contribution in [0.1, 0.15) is 0 Å². The third-order valence-electron chi connectivity index (χ3n) is 2.61. The monoisotopic (exact) mass is 244 g/mol. The smallest absolute Gasteiger partial charge is 0.0638 e. The molecule has 86 valence electrons. The van der Waals surface area contributed by atoms with Crippen LogP contribution in [0.4, 0.5) is 0 Å². The van der Waals surface area contributed by atoms with Gasteiger partial charge in [-0.3, -0.25) is 4.90 Å². The Labute approximate surface area is 96.9 Å². The Morgan fingerprint density at radius 1 is 1.00 bits per heavy atom. The molecule has 2 saturated heterocycles. The van der Waals surface area contributed by atoms with E-state index in [1.165, 1.54) is 0 Å². The molecule has 0 amide bonds.